The van der Waals surface area contributed by atoms with Crippen molar-refractivity contribution >= 4 is 28.9 Å². The third kappa shape index (κ3) is 4.01. The van der Waals surface area contributed by atoms with Gasteiger partial charge in [-0.1, -0.05) is 11.6 Å². The SMILES string of the molecule is CCOCC(=O)Nc1cc(Cl)ccc1[N+](=O)[O-]. The highest BCUT2D eigenvalue weighted by Gasteiger charge is 2.15. The summed E-state index contributed by atoms with van der Waals surface area (Å²) in [5, 5.41) is 13.4. The van der Waals surface area contributed by atoms with E-state index in [-0.39, 0.29) is 18.0 Å². The van der Waals surface area contributed by atoms with Crippen molar-refractivity contribution in [3.05, 3.63) is 33.3 Å². The second-order valence-electron chi connectivity index (χ2n) is 3.10. The molecule has 0 unspecified atom stereocenters. The monoisotopic (exact) mass is 258 g/mol. The molecule has 0 aliphatic heterocycles. The number of hydrogen-bond donors (Lipinski definition) is 1. The summed E-state index contributed by atoms with van der Waals surface area (Å²) in [6, 6.07) is 3.94. The molecule has 6 nitrogen and oxygen atoms in total. The van der Waals surface area contributed by atoms with Gasteiger partial charge in [-0.15, -0.1) is 0 Å². The summed E-state index contributed by atoms with van der Waals surface area (Å²) in [7, 11) is 0. The van der Waals surface area contributed by atoms with Gasteiger partial charge < -0.3 is 10.1 Å². The minimum atomic E-state index is -0.591. The van der Waals surface area contributed by atoms with Crippen LogP contribution in [0.2, 0.25) is 5.02 Å². The van der Waals surface area contributed by atoms with Crippen LogP contribution in [0.15, 0.2) is 18.2 Å². The number of carbonyl (C=O) groups excluding carboxylic acids is 1. The normalized spacial score (nSPS) is 10.0. The van der Waals surface area contributed by atoms with Crippen LogP contribution in [0.1, 0.15) is 6.92 Å². The Bertz CT molecular complexity index is 436. The average Bonchev–Trinajstić information content (AvgIpc) is 2.26. The van der Waals surface area contributed by atoms with E-state index in [4.69, 9.17) is 16.3 Å². The molecule has 1 aromatic carbocycles. The molecule has 0 bridgehead atoms. The zero-order valence-electron chi connectivity index (χ0n) is 9.10. The Morgan fingerprint density at radius 2 is 2.29 bits per heavy atom. The number of nitrogens with one attached hydrogen (secondary N) is 1. The minimum Gasteiger partial charge on any atom is -0.372 e. The minimum absolute atomic E-state index is 0.0622. The summed E-state index contributed by atoms with van der Waals surface area (Å²) in [5.41, 5.74) is -0.147. The number of nitro benzene ring substituents is 1. The molecule has 0 aliphatic carbocycles. The highest BCUT2D eigenvalue weighted by molar-refractivity contribution is 6.31. The lowest BCUT2D eigenvalue weighted by molar-refractivity contribution is -0.383. The first-order valence-electron chi connectivity index (χ1n) is 4.86. The summed E-state index contributed by atoms with van der Waals surface area (Å²) < 4.78 is 4.88. The van der Waals surface area contributed by atoms with Crippen LogP contribution < -0.4 is 5.32 Å². The van der Waals surface area contributed by atoms with Gasteiger partial charge in [0.15, 0.2) is 0 Å². The van der Waals surface area contributed by atoms with Gasteiger partial charge >= 0.3 is 0 Å². The van der Waals surface area contributed by atoms with Gasteiger partial charge in [0, 0.05) is 17.7 Å². The molecule has 17 heavy (non-hydrogen) atoms. The van der Waals surface area contributed by atoms with Gasteiger partial charge in [-0.25, -0.2) is 0 Å². The third-order valence-electron chi connectivity index (χ3n) is 1.87. The summed E-state index contributed by atoms with van der Waals surface area (Å²) in [6.45, 7) is 1.99. The van der Waals surface area contributed by atoms with Crippen molar-refractivity contribution in [3.63, 3.8) is 0 Å². The molecule has 7 heteroatoms. The maximum Gasteiger partial charge on any atom is 0.292 e. The van der Waals surface area contributed by atoms with Crippen LogP contribution in [0.25, 0.3) is 0 Å². The predicted octanol–water partition coefficient (Wildman–Crippen LogP) is 2.22. The Balaban J connectivity index is 2.85. The van der Waals surface area contributed by atoms with Gasteiger partial charge in [-0.2, -0.15) is 0 Å². The van der Waals surface area contributed by atoms with Gasteiger partial charge in [-0.3, -0.25) is 14.9 Å². The molecule has 1 N–H and O–H groups in total. The average molecular weight is 259 g/mol. The molecule has 0 saturated carbocycles. The number of rotatable bonds is 5. The number of amides is 1. The molecule has 0 saturated heterocycles. The molecule has 0 aromatic heterocycles. The molecule has 1 rings (SSSR count). The molecule has 0 fully saturated rings. The summed E-state index contributed by atoms with van der Waals surface area (Å²) in [4.78, 5) is 21.5. The van der Waals surface area contributed by atoms with Crippen LogP contribution in [0, 0.1) is 10.1 Å². The molecule has 92 valence electrons. The quantitative estimate of drug-likeness (QED) is 0.648. The van der Waals surface area contributed by atoms with Gasteiger partial charge in [0.05, 0.1) is 4.92 Å². The van der Waals surface area contributed by atoms with Crippen LogP contribution in [-0.4, -0.2) is 24.0 Å². The molecule has 0 spiro atoms. The lowest BCUT2D eigenvalue weighted by atomic mass is 10.2. The summed E-state index contributed by atoms with van der Waals surface area (Å²) >= 11 is 5.70. The number of carbonyl (C=O) groups is 1. The van der Waals surface area contributed by atoms with Gasteiger partial charge in [-0.05, 0) is 19.1 Å². The van der Waals surface area contributed by atoms with Crippen molar-refractivity contribution in [2.75, 3.05) is 18.5 Å². The van der Waals surface area contributed by atoms with E-state index in [2.05, 4.69) is 5.32 Å². The first-order valence-corrected chi connectivity index (χ1v) is 5.24. The standard InChI is InChI=1S/C10H11ClN2O4/c1-2-17-6-10(14)12-8-5-7(11)3-4-9(8)13(15)16/h3-5H,2,6H2,1H3,(H,12,14). The number of ether oxygens (including phenoxy) is 1. The van der Waals surface area contributed by atoms with Crippen LogP contribution in [0.4, 0.5) is 11.4 Å². The topological polar surface area (TPSA) is 81.5 Å². The molecular weight excluding hydrogens is 248 g/mol. The highest BCUT2D eigenvalue weighted by atomic mass is 35.5. The Hall–Kier alpha value is -1.66. The highest BCUT2D eigenvalue weighted by Crippen LogP contribution is 2.27. The lowest BCUT2D eigenvalue weighted by Gasteiger charge is -2.06. The number of nitrogens with zero attached hydrogens (tertiary/aromatic N) is 1. The second-order valence-corrected chi connectivity index (χ2v) is 3.54. The van der Waals surface area contributed by atoms with Crippen LogP contribution in [0.3, 0.4) is 0 Å². The fraction of sp³-hybridized carbons (Fsp3) is 0.300. The number of nitro groups is 1. The third-order valence-corrected chi connectivity index (χ3v) is 2.10. The van der Waals surface area contributed by atoms with Crippen molar-refractivity contribution in [2.45, 2.75) is 6.92 Å². The molecule has 0 heterocycles. The fourth-order valence-electron chi connectivity index (χ4n) is 1.15. The van der Waals surface area contributed by atoms with Gasteiger partial charge in [0.2, 0.25) is 0 Å². The van der Waals surface area contributed by atoms with E-state index in [1.165, 1.54) is 18.2 Å². The molecule has 0 atom stereocenters. The van der Waals surface area contributed by atoms with Crippen molar-refractivity contribution in [1.82, 2.24) is 0 Å². The van der Waals surface area contributed by atoms with E-state index in [0.29, 0.717) is 11.6 Å². The van der Waals surface area contributed by atoms with E-state index in [9.17, 15) is 14.9 Å². The Labute approximate surface area is 103 Å². The zero-order chi connectivity index (χ0) is 12.8. The van der Waals surface area contributed by atoms with Crippen LogP contribution >= 0.6 is 11.6 Å². The predicted molar refractivity (Wildman–Crippen MR) is 63.2 cm³/mol. The fourth-order valence-corrected chi connectivity index (χ4v) is 1.32. The molecule has 1 aromatic rings. The summed E-state index contributed by atoms with van der Waals surface area (Å²) in [6.07, 6.45) is 0. The van der Waals surface area contributed by atoms with Crippen LogP contribution in [-0.2, 0) is 9.53 Å². The number of benzene rings is 1. The molecule has 1 amide bonds. The smallest absolute Gasteiger partial charge is 0.292 e. The van der Waals surface area contributed by atoms with E-state index < -0.39 is 10.8 Å². The van der Waals surface area contributed by atoms with Crippen molar-refractivity contribution in [3.8, 4) is 0 Å². The molecule has 0 radical (unpaired) electrons. The maximum atomic E-state index is 11.4. The van der Waals surface area contributed by atoms with Gasteiger partial charge in [0.25, 0.3) is 11.6 Å². The van der Waals surface area contributed by atoms with Gasteiger partial charge in [0.1, 0.15) is 12.3 Å². The van der Waals surface area contributed by atoms with E-state index in [0.717, 1.165) is 0 Å². The van der Waals surface area contributed by atoms with E-state index >= 15 is 0 Å². The van der Waals surface area contributed by atoms with Crippen molar-refractivity contribution < 1.29 is 14.5 Å². The Morgan fingerprint density at radius 3 is 2.88 bits per heavy atom. The van der Waals surface area contributed by atoms with E-state index in [1.807, 2.05) is 0 Å². The van der Waals surface area contributed by atoms with Crippen LogP contribution in [0.5, 0.6) is 0 Å². The Kier molecular flexibility index (Phi) is 4.86. The van der Waals surface area contributed by atoms with Crippen molar-refractivity contribution in [2.24, 2.45) is 0 Å². The second kappa shape index (κ2) is 6.17. The number of hydrogen-bond acceptors (Lipinski definition) is 4. The summed E-state index contributed by atoms with van der Waals surface area (Å²) in [5.74, 6) is -0.461. The molecule has 0 aliphatic rings. The zero-order valence-corrected chi connectivity index (χ0v) is 9.86. The number of halogens is 1. The first kappa shape index (κ1) is 13.4. The van der Waals surface area contributed by atoms with E-state index in [1.54, 1.807) is 6.92 Å². The van der Waals surface area contributed by atoms with Crippen molar-refractivity contribution in [1.29, 1.82) is 0 Å². The Morgan fingerprint density at radius 1 is 1.59 bits per heavy atom. The number of anilines is 1. The largest absolute Gasteiger partial charge is 0.372 e. The first-order chi connectivity index (χ1) is 8.04. The maximum absolute atomic E-state index is 11.4. The lowest BCUT2D eigenvalue weighted by Crippen LogP contribution is -2.18. The molecular formula is C10H11ClN2O4.